The maximum Gasteiger partial charge on any atom is 0.334 e. The van der Waals surface area contributed by atoms with E-state index in [0.717, 1.165) is 24.8 Å². The van der Waals surface area contributed by atoms with E-state index in [1.165, 1.54) is 32.1 Å². The highest BCUT2D eigenvalue weighted by molar-refractivity contribution is 5.91. The molecular weight excluding hydrogens is 368 g/mol. The van der Waals surface area contributed by atoms with Crippen LogP contribution in [0.3, 0.4) is 0 Å². The summed E-state index contributed by atoms with van der Waals surface area (Å²) in [6, 6.07) is 9.30. The van der Waals surface area contributed by atoms with Crippen molar-refractivity contribution in [2.75, 3.05) is 13.2 Å². The van der Waals surface area contributed by atoms with Crippen LogP contribution in [0, 0.1) is 0 Å². The summed E-state index contributed by atoms with van der Waals surface area (Å²) in [6.07, 6.45) is 11.7. The van der Waals surface area contributed by atoms with Gasteiger partial charge in [0.2, 0.25) is 0 Å². The minimum absolute atomic E-state index is 0.129. The molecule has 1 heterocycles. The maximum atomic E-state index is 12.2. The zero-order chi connectivity index (χ0) is 21.0. The van der Waals surface area contributed by atoms with Crippen molar-refractivity contribution >= 4 is 11.9 Å². The van der Waals surface area contributed by atoms with Gasteiger partial charge in [-0.3, -0.25) is 4.79 Å². The molecule has 2 rings (SSSR count). The topological polar surface area (TPSA) is 72.8 Å². The highest BCUT2D eigenvalue weighted by atomic mass is 16.6. The number of rotatable bonds is 13. The summed E-state index contributed by atoms with van der Waals surface area (Å²) in [6.45, 7) is 1.71. The molecule has 1 saturated heterocycles. The van der Waals surface area contributed by atoms with Crippen molar-refractivity contribution in [2.24, 2.45) is 0 Å². The van der Waals surface area contributed by atoms with E-state index in [9.17, 15) is 14.7 Å². The Kier molecular flexibility index (Phi) is 9.92. The van der Waals surface area contributed by atoms with Gasteiger partial charge in [-0.2, -0.15) is 0 Å². The van der Waals surface area contributed by atoms with E-state index in [4.69, 9.17) is 9.47 Å². The Balaban J connectivity index is 1.75. The Bertz CT molecular complexity index is 667. The van der Waals surface area contributed by atoms with Crippen molar-refractivity contribution in [1.82, 2.24) is 0 Å². The number of cyclic esters (lactones) is 1. The number of hydrogen-bond donors (Lipinski definition) is 1. The van der Waals surface area contributed by atoms with Crippen molar-refractivity contribution in [3.63, 3.8) is 0 Å². The Morgan fingerprint density at radius 2 is 1.83 bits per heavy atom. The zero-order valence-electron chi connectivity index (χ0n) is 17.5. The molecule has 0 aromatic heterocycles. The Hall–Kier alpha value is -2.14. The first-order valence-electron chi connectivity index (χ1n) is 10.8. The van der Waals surface area contributed by atoms with Gasteiger partial charge < -0.3 is 14.6 Å². The second-order valence-corrected chi connectivity index (χ2v) is 7.87. The SMILES string of the molecule is CCCCCCCCC/C=C1\CC(CO)(COC(=O)Cc2ccccc2)OC1=O. The van der Waals surface area contributed by atoms with E-state index in [2.05, 4.69) is 6.92 Å². The Morgan fingerprint density at radius 1 is 1.14 bits per heavy atom. The zero-order valence-corrected chi connectivity index (χ0v) is 17.5. The monoisotopic (exact) mass is 402 g/mol. The van der Waals surface area contributed by atoms with E-state index in [1.807, 2.05) is 36.4 Å². The molecule has 1 aromatic carbocycles. The average molecular weight is 403 g/mol. The predicted molar refractivity (Wildman–Crippen MR) is 112 cm³/mol. The molecule has 29 heavy (non-hydrogen) atoms. The fraction of sp³-hybridized carbons (Fsp3) is 0.583. The summed E-state index contributed by atoms with van der Waals surface area (Å²) < 4.78 is 10.7. The van der Waals surface area contributed by atoms with E-state index < -0.39 is 17.5 Å². The van der Waals surface area contributed by atoms with Crippen molar-refractivity contribution in [1.29, 1.82) is 0 Å². The summed E-state index contributed by atoms with van der Waals surface area (Å²) in [7, 11) is 0. The molecule has 1 aliphatic heterocycles. The molecule has 0 bridgehead atoms. The van der Waals surface area contributed by atoms with Crippen molar-refractivity contribution in [3.8, 4) is 0 Å². The highest BCUT2D eigenvalue weighted by Crippen LogP contribution is 2.31. The quantitative estimate of drug-likeness (QED) is 0.298. The fourth-order valence-electron chi connectivity index (χ4n) is 3.49. The molecule has 0 saturated carbocycles. The molecule has 1 unspecified atom stereocenters. The van der Waals surface area contributed by atoms with E-state index >= 15 is 0 Å². The van der Waals surface area contributed by atoms with Crippen LogP contribution >= 0.6 is 0 Å². The number of esters is 2. The van der Waals surface area contributed by atoms with Crippen molar-refractivity contribution in [2.45, 2.75) is 76.7 Å². The Morgan fingerprint density at radius 3 is 2.52 bits per heavy atom. The molecular formula is C24H34O5. The largest absolute Gasteiger partial charge is 0.461 e. The highest BCUT2D eigenvalue weighted by Gasteiger charge is 2.44. The van der Waals surface area contributed by atoms with E-state index in [0.29, 0.717) is 5.57 Å². The van der Waals surface area contributed by atoms with Crippen LogP contribution in [-0.4, -0.2) is 35.9 Å². The van der Waals surface area contributed by atoms with Crippen LogP contribution in [0.25, 0.3) is 0 Å². The number of aliphatic hydroxyl groups excluding tert-OH is 1. The molecule has 1 aliphatic rings. The lowest BCUT2D eigenvalue weighted by Gasteiger charge is -2.24. The minimum atomic E-state index is -1.16. The predicted octanol–water partition coefficient (Wildman–Crippen LogP) is 4.52. The molecule has 1 fully saturated rings. The van der Waals surface area contributed by atoms with Gasteiger partial charge in [0.15, 0.2) is 5.60 Å². The summed E-state index contributed by atoms with van der Waals surface area (Å²) >= 11 is 0. The third kappa shape index (κ3) is 8.01. The molecule has 0 radical (unpaired) electrons. The standard InChI is InChI=1S/C24H34O5/c1-2-3-4-5-6-7-8-12-15-21-17-24(18-25,29-23(21)27)19-28-22(26)16-20-13-10-9-11-14-20/h9-11,13-15,25H,2-8,12,16-19H2,1H3/b21-15+. The second kappa shape index (κ2) is 12.4. The summed E-state index contributed by atoms with van der Waals surface area (Å²) in [5.74, 6) is -0.818. The molecule has 0 aliphatic carbocycles. The smallest absolute Gasteiger partial charge is 0.334 e. The van der Waals surface area contributed by atoms with Crippen LogP contribution < -0.4 is 0 Å². The number of benzene rings is 1. The molecule has 5 heteroatoms. The number of carbonyl (C=O) groups excluding carboxylic acids is 2. The van der Waals surface area contributed by atoms with Crippen LogP contribution in [-0.2, 0) is 25.5 Å². The van der Waals surface area contributed by atoms with Gasteiger partial charge in [-0.05, 0) is 18.4 Å². The fourth-order valence-corrected chi connectivity index (χ4v) is 3.49. The number of unbranched alkanes of at least 4 members (excludes halogenated alkanes) is 7. The average Bonchev–Trinajstić information content (AvgIpc) is 3.05. The van der Waals surface area contributed by atoms with Crippen LogP contribution in [0.4, 0.5) is 0 Å². The van der Waals surface area contributed by atoms with Gasteiger partial charge in [0, 0.05) is 12.0 Å². The summed E-state index contributed by atoms with van der Waals surface area (Å²) in [5.41, 5.74) is 0.272. The summed E-state index contributed by atoms with van der Waals surface area (Å²) in [5, 5.41) is 9.77. The summed E-state index contributed by atoms with van der Waals surface area (Å²) in [4.78, 5) is 24.3. The molecule has 0 spiro atoms. The third-order valence-electron chi connectivity index (χ3n) is 5.26. The van der Waals surface area contributed by atoms with Gasteiger partial charge in [0.1, 0.15) is 6.61 Å². The van der Waals surface area contributed by atoms with Crippen LogP contribution in [0.5, 0.6) is 0 Å². The molecule has 1 aromatic rings. The molecule has 160 valence electrons. The van der Waals surface area contributed by atoms with Gasteiger partial charge >= 0.3 is 11.9 Å². The molecule has 0 amide bonds. The first kappa shape index (κ1) is 23.1. The lowest BCUT2D eigenvalue weighted by atomic mass is 9.98. The number of hydrogen-bond acceptors (Lipinski definition) is 5. The van der Waals surface area contributed by atoms with Crippen molar-refractivity contribution in [3.05, 3.63) is 47.5 Å². The Labute approximate surface area is 174 Å². The van der Waals surface area contributed by atoms with Gasteiger partial charge in [-0.25, -0.2) is 4.79 Å². The normalized spacial score (nSPS) is 20.1. The van der Waals surface area contributed by atoms with Gasteiger partial charge in [0.05, 0.1) is 13.0 Å². The number of aliphatic hydroxyl groups is 1. The lowest BCUT2D eigenvalue weighted by Crippen LogP contribution is -2.39. The van der Waals surface area contributed by atoms with Crippen LogP contribution in [0.1, 0.15) is 70.3 Å². The minimum Gasteiger partial charge on any atom is -0.461 e. The van der Waals surface area contributed by atoms with Gasteiger partial charge in [-0.1, -0.05) is 81.9 Å². The van der Waals surface area contributed by atoms with Gasteiger partial charge in [-0.15, -0.1) is 0 Å². The molecule has 5 nitrogen and oxygen atoms in total. The second-order valence-electron chi connectivity index (χ2n) is 7.87. The van der Waals surface area contributed by atoms with Crippen molar-refractivity contribution < 1.29 is 24.2 Å². The van der Waals surface area contributed by atoms with E-state index in [1.54, 1.807) is 0 Å². The first-order chi connectivity index (χ1) is 14.1. The number of carbonyl (C=O) groups is 2. The third-order valence-corrected chi connectivity index (χ3v) is 5.26. The lowest BCUT2D eigenvalue weighted by molar-refractivity contribution is -0.165. The van der Waals surface area contributed by atoms with Gasteiger partial charge in [0.25, 0.3) is 0 Å². The molecule has 1 N–H and O–H groups in total. The number of ether oxygens (including phenoxy) is 2. The van der Waals surface area contributed by atoms with Crippen LogP contribution in [0.15, 0.2) is 42.0 Å². The molecule has 1 atom stereocenters. The number of allylic oxidation sites excluding steroid dienone is 1. The first-order valence-corrected chi connectivity index (χ1v) is 10.8. The van der Waals surface area contributed by atoms with E-state index in [-0.39, 0.29) is 26.1 Å². The maximum absolute atomic E-state index is 12.2. The van der Waals surface area contributed by atoms with Crippen LogP contribution in [0.2, 0.25) is 0 Å².